The zero-order valence-electron chi connectivity index (χ0n) is 11.9. The molecule has 1 aliphatic rings. The lowest BCUT2D eigenvalue weighted by Gasteiger charge is -2.14. The van der Waals surface area contributed by atoms with Gasteiger partial charge in [-0.1, -0.05) is 6.07 Å². The molecule has 3 rings (SSSR count). The van der Waals surface area contributed by atoms with Crippen molar-refractivity contribution in [2.75, 3.05) is 26.2 Å². The highest BCUT2D eigenvalue weighted by Crippen LogP contribution is 2.16. The summed E-state index contributed by atoms with van der Waals surface area (Å²) in [6.45, 7) is 2.36. The van der Waals surface area contributed by atoms with Crippen LogP contribution in [0.4, 0.5) is 4.79 Å². The lowest BCUT2D eigenvalue weighted by atomic mass is 10.1. The van der Waals surface area contributed by atoms with Crippen molar-refractivity contribution < 1.29 is 9.59 Å². The van der Waals surface area contributed by atoms with Gasteiger partial charge in [0.05, 0.1) is 0 Å². The third kappa shape index (κ3) is 2.69. The van der Waals surface area contributed by atoms with Crippen LogP contribution in [-0.4, -0.2) is 47.6 Å². The molecule has 110 valence electrons. The second-order valence-corrected chi connectivity index (χ2v) is 5.18. The summed E-state index contributed by atoms with van der Waals surface area (Å²) in [7, 11) is 1.95. The Kier molecular flexibility index (Phi) is 3.51. The van der Waals surface area contributed by atoms with Gasteiger partial charge in [0, 0.05) is 50.5 Å². The number of hydrogen-bond acceptors (Lipinski definition) is 2. The molecule has 2 heterocycles. The van der Waals surface area contributed by atoms with Crippen LogP contribution in [0.15, 0.2) is 30.5 Å². The molecular weight excluding hydrogens is 268 g/mol. The van der Waals surface area contributed by atoms with Crippen LogP contribution in [0.2, 0.25) is 0 Å². The maximum atomic E-state index is 12.1. The van der Waals surface area contributed by atoms with Gasteiger partial charge in [0.1, 0.15) is 0 Å². The van der Waals surface area contributed by atoms with Gasteiger partial charge in [-0.05, 0) is 23.6 Å². The van der Waals surface area contributed by atoms with Gasteiger partial charge in [-0.3, -0.25) is 4.79 Å². The van der Waals surface area contributed by atoms with Crippen molar-refractivity contribution in [3.05, 3.63) is 36.0 Å². The first-order chi connectivity index (χ1) is 10.1. The quantitative estimate of drug-likeness (QED) is 0.878. The first-order valence-electron chi connectivity index (χ1n) is 7.01. The Bertz CT molecular complexity index is 692. The van der Waals surface area contributed by atoms with Crippen molar-refractivity contribution in [3.63, 3.8) is 0 Å². The SMILES string of the molecule is Cn1ccc2ccc(C(=O)NCCN3CCNC3=O)cc21. The highest BCUT2D eigenvalue weighted by atomic mass is 16.2. The Hall–Kier alpha value is -2.50. The van der Waals surface area contributed by atoms with Crippen LogP contribution in [0.1, 0.15) is 10.4 Å². The number of carbonyl (C=O) groups is 2. The van der Waals surface area contributed by atoms with E-state index in [4.69, 9.17) is 0 Å². The monoisotopic (exact) mass is 286 g/mol. The first kappa shape index (κ1) is 13.5. The topological polar surface area (TPSA) is 66.4 Å². The van der Waals surface area contributed by atoms with E-state index in [1.807, 2.05) is 42.1 Å². The molecule has 1 fully saturated rings. The summed E-state index contributed by atoms with van der Waals surface area (Å²) < 4.78 is 1.99. The van der Waals surface area contributed by atoms with Crippen LogP contribution in [-0.2, 0) is 7.05 Å². The third-order valence-corrected chi connectivity index (χ3v) is 3.76. The summed E-state index contributed by atoms with van der Waals surface area (Å²) in [4.78, 5) is 25.2. The minimum atomic E-state index is -0.113. The van der Waals surface area contributed by atoms with Gasteiger partial charge >= 0.3 is 6.03 Å². The number of amides is 3. The number of nitrogens with zero attached hydrogens (tertiary/aromatic N) is 2. The van der Waals surface area contributed by atoms with Crippen molar-refractivity contribution >= 4 is 22.8 Å². The van der Waals surface area contributed by atoms with Crippen molar-refractivity contribution in [1.29, 1.82) is 0 Å². The fourth-order valence-electron chi connectivity index (χ4n) is 2.53. The molecule has 2 aromatic rings. The fourth-order valence-corrected chi connectivity index (χ4v) is 2.53. The number of aryl methyl sites for hydroxylation is 1. The van der Waals surface area contributed by atoms with E-state index < -0.39 is 0 Å². The molecule has 2 N–H and O–H groups in total. The number of carbonyl (C=O) groups excluding carboxylic acids is 2. The lowest BCUT2D eigenvalue weighted by molar-refractivity contribution is 0.0950. The summed E-state index contributed by atoms with van der Waals surface area (Å²) in [5.41, 5.74) is 1.66. The molecule has 0 aliphatic carbocycles. The Morgan fingerprint density at radius 2 is 2.24 bits per heavy atom. The normalized spacial score (nSPS) is 14.5. The molecule has 1 saturated heterocycles. The van der Waals surface area contributed by atoms with Gasteiger partial charge in [0.15, 0.2) is 0 Å². The number of aromatic nitrogens is 1. The third-order valence-electron chi connectivity index (χ3n) is 3.76. The van der Waals surface area contributed by atoms with E-state index in [1.54, 1.807) is 4.90 Å². The van der Waals surface area contributed by atoms with Gasteiger partial charge in [-0.15, -0.1) is 0 Å². The highest BCUT2D eigenvalue weighted by molar-refractivity contribution is 5.98. The van der Waals surface area contributed by atoms with E-state index in [0.29, 0.717) is 31.7 Å². The number of urea groups is 1. The minimum Gasteiger partial charge on any atom is -0.351 e. The molecule has 0 unspecified atom stereocenters. The zero-order valence-corrected chi connectivity index (χ0v) is 11.9. The van der Waals surface area contributed by atoms with E-state index in [9.17, 15) is 9.59 Å². The molecule has 3 amide bonds. The maximum absolute atomic E-state index is 12.1. The Balaban J connectivity index is 1.61. The standard InChI is InChI=1S/C15H18N4O2/c1-18-7-4-11-2-3-12(10-13(11)18)14(20)16-5-8-19-9-6-17-15(19)21/h2-4,7,10H,5-6,8-9H2,1H3,(H,16,20)(H,17,21). The second-order valence-electron chi connectivity index (χ2n) is 5.18. The Morgan fingerprint density at radius 3 is 3.00 bits per heavy atom. The smallest absolute Gasteiger partial charge is 0.317 e. The second kappa shape index (κ2) is 5.47. The van der Waals surface area contributed by atoms with Crippen molar-refractivity contribution in [2.24, 2.45) is 7.05 Å². The van der Waals surface area contributed by atoms with Crippen LogP contribution >= 0.6 is 0 Å². The molecule has 6 nitrogen and oxygen atoms in total. The molecule has 21 heavy (non-hydrogen) atoms. The zero-order chi connectivity index (χ0) is 14.8. The van der Waals surface area contributed by atoms with Gasteiger partial charge in [-0.25, -0.2) is 4.79 Å². The molecule has 1 aromatic carbocycles. The van der Waals surface area contributed by atoms with Crippen molar-refractivity contribution in [3.8, 4) is 0 Å². The van der Waals surface area contributed by atoms with E-state index in [1.165, 1.54) is 0 Å². The van der Waals surface area contributed by atoms with Crippen LogP contribution < -0.4 is 10.6 Å². The molecule has 0 spiro atoms. The number of benzene rings is 1. The average Bonchev–Trinajstić information content (AvgIpc) is 3.05. The number of hydrogen-bond donors (Lipinski definition) is 2. The first-order valence-corrected chi connectivity index (χ1v) is 7.01. The molecule has 6 heteroatoms. The maximum Gasteiger partial charge on any atom is 0.317 e. The Morgan fingerprint density at radius 1 is 1.38 bits per heavy atom. The van der Waals surface area contributed by atoms with Gasteiger partial charge < -0.3 is 20.1 Å². The summed E-state index contributed by atoms with van der Waals surface area (Å²) in [5, 5.41) is 6.70. The van der Waals surface area contributed by atoms with Gasteiger partial charge in [-0.2, -0.15) is 0 Å². The highest BCUT2D eigenvalue weighted by Gasteiger charge is 2.18. The van der Waals surface area contributed by atoms with E-state index in [0.717, 1.165) is 10.9 Å². The predicted octanol–water partition coefficient (Wildman–Crippen LogP) is 0.933. The molecular formula is C15H18N4O2. The number of nitrogens with one attached hydrogen (secondary N) is 2. The van der Waals surface area contributed by atoms with Gasteiger partial charge in [0.25, 0.3) is 5.91 Å². The lowest BCUT2D eigenvalue weighted by Crippen LogP contribution is -2.36. The van der Waals surface area contributed by atoms with E-state index in [-0.39, 0.29) is 11.9 Å². The molecule has 0 atom stereocenters. The average molecular weight is 286 g/mol. The van der Waals surface area contributed by atoms with E-state index in [2.05, 4.69) is 10.6 Å². The van der Waals surface area contributed by atoms with E-state index >= 15 is 0 Å². The summed E-state index contributed by atoms with van der Waals surface area (Å²) in [6.07, 6.45) is 1.97. The Labute approximate surface area is 122 Å². The van der Waals surface area contributed by atoms with Gasteiger partial charge in [0.2, 0.25) is 0 Å². The molecule has 1 aromatic heterocycles. The van der Waals surface area contributed by atoms with Crippen LogP contribution in [0.5, 0.6) is 0 Å². The molecule has 0 saturated carbocycles. The summed E-state index contributed by atoms with van der Waals surface area (Å²) in [6, 6.07) is 7.60. The number of rotatable bonds is 4. The minimum absolute atomic E-state index is 0.0607. The molecule has 1 aliphatic heterocycles. The van der Waals surface area contributed by atoms with Crippen LogP contribution in [0.3, 0.4) is 0 Å². The summed E-state index contributed by atoms with van der Waals surface area (Å²) in [5.74, 6) is -0.113. The van der Waals surface area contributed by atoms with Crippen LogP contribution in [0, 0.1) is 0 Å². The van der Waals surface area contributed by atoms with Crippen molar-refractivity contribution in [2.45, 2.75) is 0 Å². The van der Waals surface area contributed by atoms with Crippen molar-refractivity contribution in [1.82, 2.24) is 20.1 Å². The molecule has 0 radical (unpaired) electrons. The predicted molar refractivity (Wildman–Crippen MR) is 80.2 cm³/mol. The number of fused-ring (bicyclic) bond motifs is 1. The van der Waals surface area contributed by atoms with Crippen LogP contribution in [0.25, 0.3) is 10.9 Å². The largest absolute Gasteiger partial charge is 0.351 e. The fraction of sp³-hybridized carbons (Fsp3) is 0.333. The molecule has 0 bridgehead atoms. The summed E-state index contributed by atoms with van der Waals surface area (Å²) >= 11 is 0.